The molecule has 0 spiro atoms. The number of aliphatic imine (C=N–C) groups is 1. The van der Waals surface area contributed by atoms with Gasteiger partial charge in [0.2, 0.25) is 53.2 Å². The largest absolute Gasteiger partial charge is 0.481 e. The predicted octanol–water partition coefficient (Wildman–Crippen LogP) is -8.19. The van der Waals surface area contributed by atoms with Gasteiger partial charge >= 0.3 is 17.9 Å². The molecule has 1 heterocycles. The number of nitrogens with two attached hydrogens (primary N) is 4. The van der Waals surface area contributed by atoms with Crippen LogP contribution in [-0.2, 0) is 64.0 Å². The van der Waals surface area contributed by atoms with Crippen LogP contribution in [0.5, 0.6) is 0 Å². The Labute approximate surface area is 392 Å². The van der Waals surface area contributed by atoms with E-state index in [0.717, 1.165) is 13.8 Å². The molecule has 0 aliphatic carbocycles. The van der Waals surface area contributed by atoms with Crippen molar-refractivity contribution in [3.8, 4) is 0 Å². The standard InChI is InChI=1S/C38H61N15O16/c1-15(2)28(36(67)53-29(17(4)54)37(68)69)52-33(64)20(6-5-7-44-38(41)42)48-25(56)13-45-32(63)22(10-24(40)55)51-34(65)21(8-18-12-43-14-46-18)50-35(66)23(11-27(59)60)49-30(61)16(3)47-31(62)19(39)9-26(57)58/h12,14-17,19-23,28-29,54H,5-11,13,39H2,1-4H3,(H2,40,55)(H,43,46)(H,45,63)(H,47,62)(H,48,56)(H,49,61)(H,50,66)(H,51,65)(H,52,64)(H,53,67)(H,57,58)(H,59,60)(H,68,69)(H4,41,42,44)/t16-,17+,19-,20-,21-,22-,23-,28-,29-/m0/s1. The number of H-pyrrole nitrogens is 1. The van der Waals surface area contributed by atoms with E-state index >= 15 is 0 Å². The third-order valence-corrected chi connectivity index (χ3v) is 9.46. The van der Waals surface area contributed by atoms with Gasteiger partial charge in [-0.1, -0.05) is 13.8 Å². The first kappa shape index (κ1) is 59.1. The van der Waals surface area contributed by atoms with Crippen molar-refractivity contribution in [2.45, 2.75) is 121 Å². The van der Waals surface area contributed by atoms with Gasteiger partial charge in [-0.25, -0.2) is 9.78 Å². The Hall–Kier alpha value is -7.96. The number of nitrogens with one attached hydrogen (secondary N) is 9. The molecule has 0 saturated heterocycles. The summed E-state index contributed by atoms with van der Waals surface area (Å²) < 4.78 is 0. The minimum absolute atomic E-state index is 0.0152. The molecule has 0 aromatic carbocycles. The summed E-state index contributed by atoms with van der Waals surface area (Å²) >= 11 is 0. The number of nitrogens with zero attached hydrogens (tertiary/aromatic N) is 2. The zero-order valence-electron chi connectivity index (χ0n) is 38.0. The zero-order chi connectivity index (χ0) is 52.7. The van der Waals surface area contributed by atoms with Crippen LogP contribution in [0.15, 0.2) is 17.5 Å². The topological polar surface area (TPSA) is 527 Å². The molecule has 0 radical (unpaired) electrons. The number of carboxylic acid groups (broad SMARTS) is 3. The number of carbonyl (C=O) groups excluding carboxylic acids is 9. The molecule has 1 aromatic rings. The van der Waals surface area contributed by atoms with Crippen LogP contribution in [0.2, 0.25) is 0 Å². The fraction of sp³-hybridized carbons (Fsp3) is 0.579. The number of rotatable bonds is 31. The highest BCUT2D eigenvalue weighted by atomic mass is 16.4. The molecule has 0 saturated carbocycles. The Bertz CT molecular complexity index is 2040. The number of guanidine groups is 1. The van der Waals surface area contributed by atoms with Crippen molar-refractivity contribution in [1.29, 1.82) is 0 Å². The summed E-state index contributed by atoms with van der Waals surface area (Å²) in [5, 5.41) is 55.5. The number of hydrogen-bond donors (Lipinski definition) is 17. The van der Waals surface area contributed by atoms with Gasteiger partial charge in [-0.3, -0.25) is 57.7 Å². The number of carbonyl (C=O) groups is 12. The maximum Gasteiger partial charge on any atom is 0.328 e. The first-order chi connectivity index (χ1) is 32.1. The number of imidazole rings is 1. The second-order valence-corrected chi connectivity index (χ2v) is 15.7. The summed E-state index contributed by atoms with van der Waals surface area (Å²) in [5.74, 6) is -15.4. The summed E-state index contributed by atoms with van der Waals surface area (Å²) in [7, 11) is 0. The maximum absolute atomic E-state index is 13.8. The van der Waals surface area contributed by atoms with Crippen molar-refractivity contribution in [1.82, 2.24) is 52.5 Å². The SMILES string of the molecule is CC(C)[C@H](NC(=O)[C@H](CCCN=C(N)N)NC(=O)CNC(=O)[C@H](CC(N)=O)NC(=O)[C@H](Cc1cnc[nH]1)NC(=O)[C@H](CC(=O)O)NC(=O)[C@H](C)NC(=O)[C@@H](N)CC(=O)O)C(=O)N[C@H](C(=O)O)[C@@H](C)O. The van der Waals surface area contributed by atoms with Crippen LogP contribution in [0, 0.1) is 5.92 Å². The van der Waals surface area contributed by atoms with Crippen molar-refractivity contribution < 1.29 is 78.0 Å². The minimum atomic E-state index is -1.91. The van der Waals surface area contributed by atoms with Crippen molar-refractivity contribution in [3.63, 3.8) is 0 Å². The van der Waals surface area contributed by atoms with E-state index in [4.69, 9.17) is 28.0 Å². The molecule has 384 valence electrons. The summed E-state index contributed by atoms with van der Waals surface area (Å²) in [6.45, 7) is 4.38. The van der Waals surface area contributed by atoms with Crippen LogP contribution >= 0.6 is 0 Å². The lowest BCUT2D eigenvalue weighted by molar-refractivity contribution is -0.145. The van der Waals surface area contributed by atoms with Gasteiger partial charge in [0.25, 0.3) is 0 Å². The zero-order valence-corrected chi connectivity index (χ0v) is 38.0. The second kappa shape index (κ2) is 28.9. The predicted molar refractivity (Wildman–Crippen MR) is 235 cm³/mol. The van der Waals surface area contributed by atoms with Gasteiger partial charge in [-0.15, -0.1) is 0 Å². The number of primary amides is 1. The third kappa shape index (κ3) is 22.4. The number of aliphatic hydroxyl groups excluding tert-OH is 1. The fourth-order valence-corrected chi connectivity index (χ4v) is 5.86. The average Bonchev–Trinajstić information content (AvgIpc) is 3.76. The highest BCUT2D eigenvalue weighted by Gasteiger charge is 2.35. The van der Waals surface area contributed by atoms with Gasteiger partial charge in [-0.2, -0.15) is 0 Å². The number of amides is 9. The van der Waals surface area contributed by atoms with Crippen LogP contribution in [0.25, 0.3) is 0 Å². The number of aromatic amines is 1. The van der Waals surface area contributed by atoms with E-state index in [0.29, 0.717) is 0 Å². The van der Waals surface area contributed by atoms with Gasteiger partial charge in [0.15, 0.2) is 12.0 Å². The third-order valence-electron chi connectivity index (χ3n) is 9.46. The van der Waals surface area contributed by atoms with Crippen LogP contribution in [0.1, 0.15) is 65.5 Å². The molecule has 0 bridgehead atoms. The molecule has 31 heteroatoms. The molecular formula is C38H61N15O16. The van der Waals surface area contributed by atoms with E-state index in [-0.39, 0.29) is 31.0 Å². The molecular weight excluding hydrogens is 923 g/mol. The highest BCUT2D eigenvalue weighted by molar-refractivity contribution is 5.99. The molecule has 0 aliphatic rings. The Balaban J connectivity index is 3.29. The number of aromatic nitrogens is 2. The van der Waals surface area contributed by atoms with Gasteiger partial charge in [0.1, 0.15) is 36.3 Å². The second-order valence-electron chi connectivity index (χ2n) is 15.7. The smallest absolute Gasteiger partial charge is 0.328 e. The van der Waals surface area contributed by atoms with Crippen molar-refractivity contribution in [2.24, 2.45) is 33.8 Å². The molecule has 31 nitrogen and oxygen atoms in total. The Morgan fingerprint density at radius 3 is 1.72 bits per heavy atom. The van der Waals surface area contributed by atoms with Gasteiger partial charge in [0.05, 0.1) is 44.3 Å². The Morgan fingerprint density at radius 1 is 0.652 bits per heavy atom. The summed E-state index contributed by atoms with van der Waals surface area (Å²) in [4.78, 5) is 162. The van der Waals surface area contributed by atoms with E-state index in [9.17, 15) is 72.9 Å². The number of carboxylic acids is 3. The van der Waals surface area contributed by atoms with Crippen LogP contribution in [-0.4, -0.2) is 175 Å². The van der Waals surface area contributed by atoms with E-state index in [2.05, 4.69) is 57.5 Å². The van der Waals surface area contributed by atoms with Gasteiger partial charge in [0, 0.05) is 24.9 Å². The molecule has 69 heavy (non-hydrogen) atoms. The number of hydrogen-bond acceptors (Lipinski definition) is 16. The van der Waals surface area contributed by atoms with E-state index in [1.807, 2.05) is 0 Å². The van der Waals surface area contributed by atoms with Crippen molar-refractivity contribution in [2.75, 3.05) is 13.1 Å². The lowest BCUT2D eigenvalue weighted by Gasteiger charge is -2.27. The molecule has 0 aliphatic heterocycles. The molecule has 0 fully saturated rings. The van der Waals surface area contributed by atoms with Gasteiger partial charge < -0.3 is 90.9 Å². The summed E-state index contributed by atoms with van der Waals surface area (Å²) in [6, 6.07) is -13.0. The number of aliphatic hydroxyl groups is 1. The van der Waals surface area contributed by atoms with Crippen molar-refractivity contribution >= 4 is 77.0 Å². The first-order valence-corrected chi connectivity index (χ1v) is 20.9. The van der Waals surface area contributed by atoms with Gasteiger partial charge in [-0.05, 0) is 32.6 Å². The van der Waals surface area contributed by atoms with E-state index < -0.39 is 164 Å². The fourth-order valence-electron chi connectivity index (χ4n) is 5.86. The molecule has 9 amide bonds. The van der Waals surface area contributed by atoms with E-state index in [1.165, 1.54) is 26.4 Å². The maximum atomic E-state index is 13.8. The summed E-state index contributed by atoms with van der Waals surface area (Å²) in [6.07, 6.45) is -2.28. The van der Waals surface area contributed by atoms with Crippen molar-refractivity contribution in [3.05, 3.63) is 18.2 Å². The Morgan fingerprint density at radius 2 is 1.20 bits per heavy atom. The lowest BCUT2D eigenvalue weighted by Crippen LogP contribution is -2.60. The molecule has 1 aromatic heterocycles. The molecule has 1 rings (SSSR count). The lowest BCUT2D eigenvalue weighted by atomic mass is 10.0. The van der Waals surface area contributed by atoms with Crippen LogP contribution in [0.3, 0.4) is 0 Å². The monoisotopic (exact) mass is 983 g/mol. The normalized spacial score (nSPS) is 14.8. The molecule has 0 unspecified atom stereocenters. The van der Waals surface area contributed by atoms with E-state index in [1.54, 1.807) is 0 Å². The quantitative estimate of drug-likeness (QED) is 0.0187. The van der Waals surface area contributed by atoms with Crippen LogP contribution < -0.4 is 65.5 Å². The molecule has 21 N–H and O–H groups in total. The average molecular weight is 984 g/mol. The molecule has 9 atom stereocenters. The number of aliphatic carboxylic acids is 3. The summed E-state index contributed by atoms with van der Waals surface area (Å²) in [5.41, 5.74) is 21.8. The Kier molecular flexibility index (Phi) is 24.8. The minimum Gasteiger partial charge on any atom is -0.481 e. The highest BCUT2D eigenvalue weighted by Crippen LogP contribution is 2.08. The first-order valence-electron chi connectivity index (χ1n) is 20.9. The van der Waals surface area contributed by atoms with Crippen LogP contribution in [0.4, 0.5) is 0 Å².